The number of anilines is 1. The van der Waals surface area contributed by atoms with Crippen LogP contribution in [-0.4, -0.2) is 56.6 Å². The average Bonchev–Trinajstić information content (AvgIpc) is 3.57. The molecule has 2 saturated heterocycles. The van der Waals surface area contributed by atoms with Crippen molar-refractivity contribution in [1.29, 1.82) is 0 Å². The zero-order chi connectivity index (χ0) is 31.3. The van der Waals surface area contributed by atoms with Gasteiger partial charge in [0.1, 0.15) is 11.3 Å². The van der Waals surface area contributed by atoms with Gasteiger partial charge in [-0.2, -0.15) is 0 Å². The average molecular weight is 615 g/mol. The number of carbonyl (C=O) groups excluding carboxylic acids is 2. The summed E-state index contributed by atoms with van der Waals surface area (Å²) in [6.07, 6.45) is 5.84. The maximum Gasteiger partial charge on any atom is 0.254 e. The van der Waals surface area contributed by atoms with Gasteiger partial charge in [0, 0.05) is 54.4 Å². The van der Waals surface area contributed by atoms with Crippen LogP contribution >= 0.6 is 0 Å². The van der Waals surface area contributed by atoms with E-state index in [0.29, 0.717) is 29.6 Å². The van der Waals surface area contributed by atoms with E-state index in [0.717, 1.165) is 82.7 Å². The maximum absolute atomic E-state index is 13.9. The number of hydrogen-bond donors (Lipinski definition) is 2. The van der Waals surface area contributed by atoms with Crippen molar-refractivity contribution in [1.82, 2.24) is 19.0 Å². The molecule has 0 spiro atoms. The minimum atomic E-state index is 0.0349. The van der Waals surface area contributed by atoms with E-state index >= 15 is 0 Å². The number of imidazole rings is 1. The summed E-state index contributed by atoms with van der Waals surface area (Å²) < 4.78 is 10.5. The summed E-state index contributed by atoms with van der Waals surface area (Å²) in [7, 11) is 3.69. The summed E-state index contributed by atoms with van der Waals surface area (Å²) in [5.74, 6) is 2.56. The molecule has 46 heavy (non-hydrogen) atoms. The predicted octanol–water partition coefficient (Wildman–Crippen LogP) is 5.73. The van der Waals surface area contributed by atoms with Crippen molar-refractivity contribution in [3.63, 3.8) is 0 Å². The fourth-order valence-corrected chi connectivity index (χ4v) is 8.28. The molecule has 9 nitrogen and oxygen atoms in total. The van der Waals surface area contributed by atoms with Gasteiger partial charge in [0.15, 0.2) is 5.82 Å². The second-order valence-electron chi connectivity index (χ2n) is 13.8. The number of ether oxygens (including phenoxy) is 1. The Morgan fingerprint density at radius 2 is 1.93 bits per heavy atom. The van der Waals surface area contributed by atoms with Crippen molar-refractivity contribution in [3.05, 3.63) is 65.7 Å². The standard InChI is InChI=1S/C37H38N6O3/c1-41-35-30(13-25(15-32(35)46-2)37(45)42-19-23-8-10-26(42)17-28(23)38)40-36(41)31-14-22-4-3-5-27(34(22)43(31)18-20-6-7-20)21-9-11-29-24(12-21)16-33(44)39-29/h3-5,9,11-15,20,23,26,28H,6-8,10,16-19,38H2,1-2H3,(H,39,44)/t23-,26-,28+/m1/s1. The lowest BCUT2D eigenvalue weighted by atomic mass is 9.76. The summed E-state index contributed by atoms with van der Waals surface area (Å²) in [4.78, 5) is 33.2. The smallest absolute Gasteiger partial charge is 0.254 e. The molecule has 9 heteroatoms. The monoisotopic (exact) mass is 614 g/mol. The quantitative estimate of drug-likeness (QED) is 0.254. The largest absolute Gasteiger partial charge is 0.494 e. The first-order chi connectivity index (χ1) is 22.4. The van der Waals surface area contributed by atoms with Crippen LogP contribution in [-0.2, 0) is 24.8 Å². The third-order valence-corrected chi connectivity index (χ3v) is 10.9. The topological polar surface area (TPSA) is 107 Å². The van der Waals surface area contributed by atoms with E-state index < -0.39 is 0 Å². The normalized spacial score (nSPS) is 22.1. The molecule has 234 valence electrons. The second kappa shape index (κ2) is 10.2. The summed E-state index contributed by atoms with van der Waals surface area (Å²) >= 11 is 0. The molecule has 10 rings (SSSR count). The van der Waals surface area contributed by atoms with Crippen LogP contribution in [0.15, 0.2) is 54.6 Å². The molecular formula is C37H38N6O3. The molecule has 5 aromatic rings. The van der Waals surface area contributed by atoms with Crippen LogP contribution in [0.3, 0.4) is 0 Å². The second-order valence-corrected chi connectivity index (χ2v) is 13.8. The number of benzene rings is 3. The van der Waals surface area contributed by atoms with Crippen LogP contribution in [0.2, 0.25) is 0 Å². The number of para-hydroxylation sites is 1. The third kappa shape index (κ3) is 4.28. The molecule has 5 heterocycles. The van der Waals surface area contributed by atoms with Gasteiger partial charge < -0.3 is 29.8 Å². The van der Waals surface area contributed by atoms with Crippen LogP contribution < -0.4 is 15.8 Å². The van der Waals surface area contributed by atoms with Gasteiger partial charge in [-0.3, -0.25) is 9.59 Å². The highest BCUT2D eigenvalue weighted by Crippen LogP contribution is 2.42. The van der Waals surface area contributed by atoms with E-state index in [1.165, 1.54) is 18.4 Å². The Labute approximate surface area is 267 Å². The third-order valence-electron chi connectivity index (χ3n) is 10.9. The molecular weight excluding hydrogens is 576 g/mol. The summed E-state index contributed by atoms with van der Waals surface area (Å²) in [5.41, 5.74) is 15.0. The summed E-state index contributed by atoms with van der Waals surface area (Å²) in [6.45, 7) is 1.63. The van der Waals surface area contributed by atoms with Gasteiger partial charge in [-0.15, -0.1) is 0 Å². The number of piperidine rings is 2. The number of fused-ring (bicyclic) bond motifs is 6. The van der Waals surface area contributed by atoms with Crippen molar-refractivity contribution in [2.24, 2.45) is 24.6 Å². The predicted molar refractivity (Wildman–Crippen MR) is 179 cm³/mol. The number of methoxy groups -OCH3 is 1. The van der Waals surface area contributed by atoms with E-state index in [9.17, 15) is 9.59 Å². The van der Waals surface area contributed by atoms with Crippen LogP contribution in [0.5, 0.6) is 5.75 Å². The van der Waals surface area contributed by atoms with E-state index in [1.54, 1.807) is 7.11 Å². The van der Waals surface area contributed by atoms with Gasteiger partial charge >= 0.3 is 0 Å². The lowest BCUT2D eigenvalue weighted by Crippen LogP contribution is -2.58. The zero-order valence-corrected chi connectivity index (χ0v) is 26.3. The number of nitrogens with two attached hydrogens (primary N) is 1. The first-order valence-corrected chi connectivity index (χ1v) is 16.5. The van der Waals surface area contributed by atoms with Crippen molar-refractivity contribution < 1.29 is 14.3 Å². The van der Waals surface area contributed by atoms with E-state index in [2.05, 4.69) is 50.8 Å². The minimum absolute atomic E-state index is 0.0349. The van der Waals surface area contributed by atoms with E-state index in [1.807, 2.05) is 30.1 Å². The first kappa shape index (κ1) is 27.7. The van der Waals surface area contributed by atoms with Gasteiger partial charge in [-0.25, -0.2) is 4.98 Å². The molecule has 3 N–H and O–H groups in total. The fraction of sp³-hybridized carbons (Fsp3) is 0.378. The molecule has 2 aliphatic carbocycles. The minimum Gasteiger partial charge on any atom is -0.494 e. The van der Waals surface area contributed by atoms with Crippen molar-refractivity contribution in [2.45, 2.75) is 57.2 Å². The van der Waals surface area contributed by atoms with Crippen molar-refractivity contribution >= 4 is 39.4 Å². The van der Waals surface area contributed by atoms with Crippen LogP contribution in [0, 0.1) is 11.8 Å². The van der Waals surface area contributed by atoms with E-state index in [-0.39, 0.29) is 23.9 Å². The number of nitrogens with one attached hydrogen (secondary N) is 1. The molecule has 3 atom stereocenters. The molecule has 3 aliphatic heterocycles. The Morgan fingerprint density at radius 3 is 2.70 bits per heavy atom. The molecule has 0 unspecified atom stereocenters. The first-order valence-electron chi connectivity index (χ1n) is 16.5. The molecule has 3 aromatic carbocycles. The van der Waals surface area contributed by atoms with Crippen LogP contribution in [0.1, 0.15) is 48.0 Å². The summed E-state index contributed by atoms with van der Waals surface area (Å²) in [5, 5.41) is 4.11. The lowest BCUT2D eigenvalue weighted by Gasteiger charge is -2.48. The number of carbonyl (C=O) groups is 2. The van der Waals surface area contributed by atoms with Gasteiger partial charge in [0.2, 0.25) is 5.91 Å². The van der Waals surface area contributed by atoms with Crippen molar-refractivity contribution in [2.75, 3.05) is 19.0 Å². The molecule has 2 amide bonds. The molecule has 2 aromatic heterocycles. The Hall–Kier alpha value is -4.63. The highest BCUT2D eigenvalue weighted by molar-refractivity contribution is 6.03. The molecule has 2 saturated carbocycles. The number of hydrogen-bond acceptors (Lipinski definition) is 5. The highest BCUT2D eigenvalue weighted by atomic mass is 16.5. The molecule has 5 aliphatic rings. The van der Waals surface area contributed by atoms with Crippen LogP contribution in [0.25, 0.3) is 44.6 Å². The van der Waals surface area contributed by atoms with Crippen LogP contribution in [0.4, 0.5) is 5.69 Å². The van der Waals surface area contributed by atoms with Gasteiger partial charge in [0.25, 0.3) is 5.91 Å². The molecule has 0 radical (unpaired) electrons. The Balaban J connectivity index is 1.17. The number of nitrogens with zero attached hydrogens (tertiary/aromatic N) is 4. The number of rotatable bonds is 6. The number of aromatic nitrogens is 3. The highest BCUT2D eigenvalue weighted by Gasteiger charge is 2.41. The lowest BCUT2D eigenvalue weighted by molar-refractivity contribution is -0.115. The van der Waals surface area contributed by atoms with Gasteiger partial charge in [-0.05, 0) is 85.4 Å². The Kier molecular flexibility index (Phi) is 6.13. The van der Waals surface area contributed by atoms with Gasteiger partial charge in [-0.1, -0.05) is 24.3 Å². The molecule has 4 fully saturated rings. The Morgan fingerprint density at radius 1 is 1.07 bits per heavy atom. The van der Waals surface area contributed by atoms with Crippen molar-refractivity contribution in [3.8, 4) is 28.4 Å². The summed E-state index contributed by atoms with van der Waals surface area (Å²) in [6, 6.07) is 19.2. The molecule has 2 bridgehead atoms. The fourth-order valence-electron chi connectivity index (χ4n) is 8.28. The van der Waals surface area contributed by atoms with Gasteiger partial charge in [0.05, 0.1) is 30.3 Å². The Bertz CT molecular complexity index is 2090. The SMILES string of the molecule is COc1cc(C(=O)N2C[C@H]3CC[C@@H]2C[C@@H]3N)cc2nc(-c3cc4cccc(-c5ccc6c(c5)CC(=O)N6)c4n3CC3CC3)n(C)c12. The maximum atomic E-state index is 13.9. The van der Waals surface area contributed by atoms with E-state index in [4.69, 9.17) is 15.5 Å². The number of aryl methyl sites for hydroxylation is 1. The zero-order valence-electron chi connectivity index (χ0n) is 26.3. The number of amides is 2.